The quantitative estimate of drug-likeness (QED) is 0.241. The van der Waals surface area contributed by atoms with E-state index in [1.807, 2.05) is 35.2 Å². The van der Waals surface area contributed by atoms with E-state index in [0.717, 1.165) is 16.9 Å². The molecule has 3 heterocycles. The number of nitrogens with zero attached hydrogens (tertiary/aromatic N) is 3. The Morgan fingerprint density at radius 3 is 2.45 bits per heavy atom. The Kier molecular flexibility index (Phi) is 5.23. The minimum Gasteiger partial charge on any atom is -0.508 e. The van der Waals surface area contributed by atoms with Crippen LogP contribution in [0.5, 0.6) is 5.75 Å². The maximum atomic E-state index is 11.0. The van der Waals surface area contributed by atoms with Gasteiger partial charge in [0.15, 0.2) is 5.11 Å². The Hall–Kier alpha value is -4.24. The van der Waals surface area contributed by atoms with Crippen molar-refractivity contribution in [2.45, 2.75) is 12.1 Å². The van der Waals surface area contributed by atoms with Crippen LogP contribution in [-0.4, -0.2) is 20.1 Å². The standard InChI is InChI=1S/C24H18N4O4S/c29-18-10-8-16(9-11-18)27-23(22(26-24(27)33)19-3-1-2-14-25-19)21-13-12-20(32-21)15-4-6-17(7-5-15)28(30)31/h1-14,22-23,29H,(H,26,33)/t22-,23-/m0/s1. The number of aromatic nitrogens is 1. The average molecular weight is 458 g/mol. The molecule has 1 fully saturated rings. The minimum atomic E-state index is -0.435. The van der Waals surface area contributed by atoms with Gasteiger partial charge in [-0.25, -0.2) is 0 Å². The van der Waals surface area contributed by atoms with Crippen molar-refractivity contribution in [3.8, 4) is 17.1 Å². The normalized spacial score (nSPS) is 17.7. The first-order valence-corrected chi connectivity index (χ1v) is 10.6. The predicted molar refractivity (Wildman–Crippen MR) is 127 cm³/mol. The van der Waals surface area contributed by atoms with Crippen molar-refractivity contribution < 1.29 is 14.4 Å². The Labute approximate surface area is 194 Å². The van der Waals surface area contributed by atoms with Crippen molar-refractivity contribution in [2.75, 3.05) is 4.90 Å². The summed E-state index contributed by atoms with van der Waals surface area (Å²) < 4.78 is 6.24. The number of hydrogen-bond donors (Lipinski definition) is 2. The summed E-state index contributed by atoms with van der Waals surface area (Å²) in [5.74, 6) is 1.40. The molecule has 4 aromatic rings. The summed E-state index contributed by atoms with van der Waals surface area (Å²) in [5, 5.41) is 24.5. The molecule has 2 aromatic heterocycles. The zero-order valence-electron chi connectivity index (χ0n) is 17.2. The first-order valence-electron chi connectivity index (χ1n) is 10.2. The second-order valence-corrected chi connectivity index (χ2v) is 7.91. The van der Waals surface area contributed by atoms with Crippen molar-refractivity contribution in [2.24, 2.45) is 0 Å². The van der Waals surface area contributed by atoms with E-state index in [1.165, 1.54) is 12.1 Å². The van der Waals surface area contributed by atoms with Gasteiger partial charge in [0, 0.05) is 29.6 Å². The first-order chi connectivity index (χ1) is 16.0. The highest BCUT2D eigenvalue weighted by atomic mass is 32.1. The smallest absolute Gasteiger partial charge is 0.269 e. The van der Waals surface area contributed by atoms with Crippen molar-refractivity contribution >= 4 is 28.7 Å². The molecule has 2 aromatic carbocycles. The molecule has 0 radical (unpaired) electrons. The van der Waals surface area contributed by atoms with Crippen LogP contribution in [0.1, 0.15) is 23.5 Å². The summed E-state index contributed by atoms with van der Waals surface area (Å²) in [4.78, 5) is 17.0. The van der Waals surface area contributed by atoms with Gasteiger partial charge in [0.2, 0.25) is 0 Å². The molecule has 2 N–H and O–H groups in total. The van der Waals surface area contributed by atoms with Crippen LogP contribution in [-0.2, 0) is 0 Å². The topological polar surface area (TPSA) is 105 Å². The Bertz CT molecular complexity index is 1310. The van der Waals surface area contributed by atoms with Crippen LogP contribution in [0.3, 0.4) is 0 Å². The highest BCUT2D eigenvalue weighted by molar-refractivity contribution is 7.80. The molecule has 1 aliphatic heterocycles. The van der Waals surface area contributed by atoms with Crippen LogP contribution in [0, 0.1) is 10.1 Å². The van der Waals surface area contributed by atoms with Gasteiger partial charge in [-0.05, 0) is 72.9 Å². The molecule has 0 saturated carbocycles. The molecular weight excluding hydrogens is 440 g/mol. The molecule has 5 rings (SSSR count). The van der Waals surface area contributed by atoms with E-state index in [9.17, 15) is 15.2 Å². The maximum Gasteiger partial charge on any atom is 0.269 e. The van der Waals surface area contributed by atoms with E-state index in [0.29, 0.717) is 16.6 Å². The number of furan rings is 1. The number of thiocarbonyl (C=S) groups is 1. The van der Waals surface area contributed by atoms with Gasteiger partial charge < -0.3 is 19.7 Å². The number of hydrogen-bond acceptors (Lipinski definition) is 6. The van der Waals surface area contributed by atoms with Gasteiger partial charge in [0.05, 0.1) is 16.7 Å². The maximum absolute atomic E-state index is 11.0. The van der Waals surface area contributed by atoms with Gasteiger partial charge in [-0.2, -0.15) is 0 Å². The summed E-state index contributed by atoms with van der Waals surface area (Å²) >= 11 is 5.67. The van der Waals surface area contributed by atoms with Crippen LogP contribution >= 0.6 is 12.2 Å². The summed E-state index contributed by atoms with van der Waals surface area (Å²) in [5.41, 5.74) is 2.34. The zero-order chi connectivity index (χ0) is 22.9. The second kappa shape index (κ2) is 8.36. The fourth-order valence-electron chi connectivity index (χ4n) is 3.95. The number of rotatable bonds is 5. The molecule has 0 bridgehead atoms. The highest BCUT2D eigenvalue weighted by Gasteiger charge is 2.42. The third-order valence-corrected chi connectivity index (χ3v) is 5.82. The summed E-state index contributed by atoms with van der Waals surface area (Å²) in [7, 11) is 0. The number of anilines is 1. The van der Waals surface area contributed by atoms with Crippen molar-refractivity contribution in [1.82, 2.24) is 10.3 Å². The highest BCUT2D eigenvalue weighted by Crippen LogP contribution is 2.43. The number of benzene rings is 2. The van der Waals surface area contributed by atoms with Gasteiger partial charge in [0.25, 0.3) is 5.69 Å². The molecule has 0 unspecified atom stereocenters. The van der Waals surface area contributed by atoms with E-state index >= 15 is 0 Å². The number of aromatic hydroxyl groups is 1. The van der Waals surface area contributed by atoms with Gasteiger partial charge in [0.1, 0.15) is 23.3 Å². The lowest BCUT2D eigenvalue weighted by molar-refractivity contribution is -0.384. The molecule has 8 nitrogen and oxygen atoms in total. The molecule has 0 aliphatic carbocycles. The van der Waals surface area contributed by atoms with E-state index in [-0.39, 0.29) is 23.5 Å². The van der Waals surface area contributed by atoms with Gasteiger partial charge in [-0.3, -0.25) is 15.1 Å². The van der Waals surface area contributed by atoms with Crippen LogP contribution in [0.4, 0.5) is 11.4 Å². The lowest BCUT2D eigenvalue weighted by atomic mass is 10.0. The number of nitro groups is 1. The number of phenols is 1. The van der Waals surface area contributed by atoms with E-state index in [4.69, 9.17) is 16.6 Å². The van der Waals surface area contributed by atoms with Crippen LogP contribution in [0.25, 0.3) is 11.3 Å². The monoisotopic (exact) mass is 458 g/mol. The fourth-order valence-corrected chi connectivity index (χ4v) is 4.30. The van der Waals surface area contributed by atoms with Crippen LogP contribution < -0.4 is 10.2 Å². The Morgan fingerprint density at radius 1 is 1.03 bits per heavy atom. The number of non-ortho nitro benzene ring substituents is 1. The predicted octanol–water partition coefficient (Wildman–Crippen LogP) is 5.13. The van der Waals surface area contributed by atoms with E-state index in [2.05, 4.69) is 10.3 Å². The largest absolute Gasteiger partial charge is 0.508 e. The second-order valence-electron chi connectivity index (χ2n) is 7.52. The fraction of sp³-hybridized carbons (Fsp3) is 0.0833. The van der Waals surface area contributed by atoms with Gasteiger partial charge in [-0.1, -0.05) is 6.07 Å². The molecule has 164 valence electrons. The van der Waals surface area contributed by atoms with Crippen LogP contribution in [0.2, 0.25) is 0 Å². The van der Waals surface area contributed by atoms with E-state index < -0.39 is 4.92 Å². The van der Waals surface area contributed by atoms with E-state index in [1.54, 1.807) is 42.6 Å². The number of phenolic OH excluding ortho intramolecular Hbond substituents is 1. The average Bonchev–Trinajstić information content (AvgIpc) is 3.45. The molecule has 33 heavy (non-hydrogen) atoms. The minimum absolute atomic E-state index is 0.0181. The van der Waals surface area contributed by atoms with Crippen molar-refractivity contribution in [1.29, 1.82) is 0 Å². The molecular formula is C24H18N4O4S. The SMILES string of the molecule is O=[N+]([O-])c1ccc(-c2ccc([C@H]3[C@H](c4ccccn4)NC(=S)N3c3ccc(O)cc3)o2)cc1. The molecule has 2 atom stereocenters. The van der Waals surface area contributed by atoms with Crippen molar-refractivity contribution in [3.05, 3.63) is 107 Å². The lowest BCUT2D eigenvalue weighted by Gasteiger charge is -2.26. The molecule has 1 saturated heterocycles. The molecule has 9 heteroatoms. The van der Waals surface area contributed by atoms with Crippen LogP contribution in [0.15, 0.2) is 89.5 Å². The molecule has 0 amide bonds. The number of pyridine rings is 1. The summed E-state index contributed by atoms with van der Waals surface area (Å²) in [6.07, 6.45) is 1.73. The Morgan fingerprint density at radius 2 is 1.79 bits per heavy atom. The lowest BCUT2D eigenvalue weighted by Crippen LogP contribution is -2.29. The zero-order valence-corrected chi connectivity index (χ0v) is 18.0. The third-order valence-electron chi connectivity index (χ3n) is 5.51. The Balaban J connectivity index is 1.56. The summed E-state index contributed by atoms with van der Waals surface area (Å²) in [6.45, 7) is 0. The van der Waals surface area contributed by atoms with Crippen molar-refractivity contribution in [3.63, 3.8) is 0 Å². The molecule has 0 spiro atoms. The van der Waals surface area contributed by atoms with Gasteiger partial charge in [-0.15, -0.1) is 0 Å². The number of nitro benzene ring substituents is 1. The third kappa shape index (κ3) is 3.90. The van der Waals surface area contributed by atoms with Gasteiger partial charge >= 0.3 is 0 Å². The summed E-state index contributed by atoms with van der Waals surface area (Å²) in [6, 6.07) is 21.8. The first kappa shape index (κ1) is 20.7. The molecule has 1 aliphatic rings. The number of nitrogens with one attached hydrogen (secondary N) is 1.